The van der Waals surface area contributed by atoms with E-state index in [2.05, 4.69) is 12.2 Å². The number of ether oxygens (including phenoxy) is 3. The van der Waals surface area contributed by atoms with Crippen molar-refractivity contribution in [3.63, 3.8) is 0 Å². The van der Waals surface area contributed by atoms with Gasteiger partial charge in [0.25, 0.3) is 5.91 Å². The van der Waals surface area contributed by atoms with Crippen molar-refractivity contribution < 1.29 is 23.8 Å². The van der Waals surface area contributed by atoms with Gasteiger partial charge in [-0.15, -0.1) is 0 Å². The molecule has 0 saturated heterocycles. The molecule has 1 N–H and O–H groups in total. The lowest BCUT2D eigenvalue weighted by Gasteiger charge is -2.29. The van der Waals surface area contributed by atoms with E-state index in [9.17, 15) is 9.59 Å². The third kappa shape index (κ3) is 6.44. The normalized spacial score (nSPS) is 19.3. The highest BCUT2D eigenvalue weighted by molar-refractivity contribution is 6.32. The molecule has 2 rings (SSSR count). The van der Waals surface area contributed by atoms with Crippen LogP contribution in [0.25, 0.3) is 6.08 Å². The highest BCUT2D eigenvalue weighted by Crippen LogP contribution is 2.36. The average Bonchev–Trinajstić information content (AvgIpc) is 2.68. The standard InChI is InChI=1S/C21H28ClNO5/c1-4-27-21-16(22)11-15(12-18(21)26-3)9-10-20(25)28-13-19(24)23-17-8-6-5-7-14(17)2/h9-12,14,17H,4-8,13H2,1-3H3,(H,23,24)/b10-9+/t14-,17+/m0/s1. The molecule has 1 aromatic carbocycles. The molecule has 0 spiro atoms. The number of amides is 1. The maximum atomic E-state index is 12.0. The zero-order valence-corrected chi connectivity index (χ0v) is 17.4. The molecule has 1 aromatic rings. The molecule has 1 aliphatic rings. The minimum absolute atomic E-state index is 0.161. The first-order valence-corrected chi connectivity index (χ1v) is 9.97. The second kappa shape index (κ2) is 11.0. The summed E-state index contributed by atoms with van der Waals surface area (Å²) in [5, 5.41) is 3.33. The van der Waals surface area contributed by atoms with Gasteiger partial charge in [-0.25, -0.2) is 4.79 Å². The average molecular weight is 410 g/mol. The number of benzene rings is 1. The monoisotopic (exact) mass is 409 g/mol. The second-order valence-corrected chi connectivity index (χ2v) is 7.25. The molecule has 1 fully saturated rings. The summed E-state index contributed by atoms with van der Waals surface area (Å²) in [7, 11) is 1.52. The van der Waals surface area contributed by atoms with Crippen molar-refractivity contribution in [1.29, 1.82) is 0 Å². The Balaban J connectivity index is 1.87. The molecule has 2 atom stereocenters. The molecule has 7 heteroatoms. The van der Waals surface area contributed by atoms with Crippen LogP contribution in [0, 0.1) is 5.92 Å². The Morgan fingerprint density at radius 2 is 2.04 bits per heavy atom. The highest BCUT2D eigenvalue weighted by Gasteiger charge is 2.23. The predicted octanol–water partition coefficient (Wildman–Crippen LogP) is 4.00. The quantitative estimate of drug-likeness (QED) is 0.519. The lowest BCUT2D eigenvalue weighted by molar-refractivity contribution is -0.144. The molecule has 6 nitrogen and oxygen atoms in total. The molecule has 0 aliphatic heterocycles. The fourth-order valence-corrected chi connectivity index (χ4v) is 3.52. The zero-order chi connectivity index (χ0) is 20.5. The topological polar surface area (TPSA) is 73.9 Å². The van der Waals surface area contributed by atoms with Crippen molar-refractivity contribution in [2.24, 2.45) is 5.92 Å². The number of carbonyl (C=O) groups excluding carboxylic acids is 2. The summed E-state index contributed by atoms with van der Waals surface area (Å²) in [6, 6.07) is 3.53. The number of hydrogen-bond acceptors (Lipinski definition) is 5. The number of carbonyl (C=O) groups is 2. The summed E-state index contributed by atoms with van der Waals surface area (Å²) in [5.41, 5.74) is 0.655. The molecule has 1 saturated carbocycles. The molecule has 0 aromatic heterocycles. The van der Waals surface area contributed by atoms with Gasteiger partial charge in [0.2, 0.25) is 0 Å². The largest absolute Gasteiger partial charge is 0.493 e. The van der Waals surface area contributed by atoms with Crippen molar-refractivity contribution in [2.75, 3.05) is 20.3 Å². The Kier molecular flexibility index (Phi) is 8.64. The smallest absolute Gasteiger partial charge is 0.331 e. The van der Waals surface area contributed by atoms with Gasteiger partial charge in [-0.05, 0) is 49.5 Å². The van der Waals surface area contributed by atoms with Crippen molar-refractivity contribution in [3.05, 3.63) is 28.8 Å². The van der Waals surface area contributed by atoms with Gasteiger partial charge >= 0.3 is 5.97 Å². The van der Waals surface area contributed by atoms with Crippen molar-refractivity contribution >= 4 is 29.6 Å². The highest BCUT2D eigenvalue weighted by atomic mass is 35.5. The van der Waals surface area contributed by atoms with Crippen LogP contribution in [-0.2, 0) is 14.3 Å². The van der Waals surface area contributed by atoms with E-state index < -0.39 is 5.97 Å². The molecule has 0 bridgehead atoms. The fourth-order valence-electron chi connectivity index (χ4n) is 3.25. The first-order chi connectivity index (χ1) is 13.4. The first-order valence-electron chi connectivity index (χ1n) is 9.59. The number of nitrogens with one attached hydrogen (secondary N) is 1. The zero-order valence-electron chi connectivity index (χ0n) is 16.6. The molecule has 1 aliphatic carbocycles. The molecule has 1 amide bonds. The van der Waals surface area contributed by atoms with Gasteiger partial charge in [-0.1, -0.05) is 31.4 Å². The van der Waals surface area contributed by atoms with Crippen LogP contribution in [0.1, 0.15) is 45.1 Å². The Morgan fingerprint density at radius 3 is 2.71 bits per heavy atom. The fraction of sp³-hybridized carbons (Fsp3) is 0.524. The molecule has 154 valence electrons. The molecule has 0 unspecified atom stereocenters. The van der Waals surface area contributed by atoms with E-state index in [1.54, 1.807) is 18.2 Å². The van der Waals surface area contributed by atoms with Crippen LogP contribution in [0.3, 0.4) is 0 Å². The third-order valence-corrected chi connectivity index (χ3v) is 5.04. The lowest BCUT2D eigenvalue weighted by atomic mass is 9.86. The summed E-state index contributed by atoms with van der Waals surface area (Å²) in [6.07, 6.45) is 7.21. The van der Waals surface area contributed by atoms with Crippen LogP contribution in [0.2, 0.25) is 5.02 Å². The summed E-state index contributed by atoms with van der Waals surface area (Å²) in [5.74, 6) is 0.512. The Labute approximate surface area is 171 Å². The maximum Gasteiger partial charge on any atom is 0.331 e. The summed E-state index contributed by atoms with van der Waals surface area (Å²) in [4.78, 5) is 23.9. The van der Waals surface area contributed by atoms with Gasteiger partial charge in [0.05, 0.1) is 18.7 Å². The van der Waals surface area contributed by atoms with E-state index in [4.69, 9.17) is 25.8 Å². The van der Waals surface area contributed by atoms with E-state index in [1.807, 2.05) is 6.92 Å². The van der Waals surface area contributed by atoms with Crippen LogP contribution < -0.4 is 14.8 Å². The van der Waals surface area contributed by atoms with Gasteiger partial charge in [0.15, 0.2) is 18.1 Å². The number of halogens is 1. The molecule has 0 heterocycles. The van der Waals surface area contributed by atoms with E-state index >= 15 is 0 Å². The summed E-state index contributed by atoms with van der Waals surface area (Å²) in [6.45, 7) is 4.15. The molecular weight excluding hydrogens is 382 g/mol. The molecule has 28 heavy (non-hydrogen) atoms. The maximum absolute atomic E-state index is 12.0. The predicted molar refractivity (Wildman–Crippen MR) is 109 cm³/mol. The van der Waals surface area contributed by atoms with E-state index in [-0.39, 0.29) is 18.6 Å². The first kappa shape index (κ1) is 22.1. The van der Waals surface area contributed by atoms with Crippen LogP contribution >= 0.6 is 11.6 Å². The Morgan fingerprint density at radius 1 is 1.29 bits per heavy atom. The van der Waals surface area contributed by atoms with Gasteiger partial charge in [0, 0.05) is 12.1 Å². The van der Waals surface area contributed by atoms with Crippen LogP contribution in [-0.4, -0.2) is 38.2 Å². The number of rotatable bonds is 8. The van der Waals surface area contributed by atoms with E-state index in [0.717, 1.165) is 19.3 Å². The minimum atomic E-state index is -0.601. The Bertz CT molecular complexity index is 719. The summed E-state index contributed by atoms with van der Waals surface area (Å²) >= 11 is 6.21. The number of esters is 1. The molecule has 0 radical (unpaired) electrons. The lowest BCUT2D eigenvalue weighted by Crippen LogP contribution is -2.42. The van der Waals surface area contributed by atoms with Crippen LogP contribution in [0.4, 0.5) is 0 Å². The van der Waals surface area contributed by atoms with Gasteiger partial charge < -0.3 is 19.5 Å². The van der Waals surface area contributed by atoms with E-state index in [0.29, 0.717) is 34.6 Å². The third-order valence-electron chi connectivity index (χ3n) is 4.76. The van der Waals surface area contributed by atoms with Gasteiger partial charge in [-0.3, -0.25) is 4.79 Å². The number of methoxy groups -OCH3 is 1. The SMILES string of the molecule is CCOc1c(Cl)cc(/C=C/C(=O)OCC(=O)N[C@@H]2CCCC[C@@H]2C)cc1OC. The van der Waals surface area contributed by atoms with Crippen LogP contribution in [0.5, 0.6) is 11.5 Å². The van der Waals surface area contributed by atoms with Gasteiger partial charge in [0.1, 0.15) is 0 Å². The second-order valence-electron chi connectivity index (χ2n) is 6.84. The van der Waals surface area contributed by atoms with Crippen molar-refractivity contribution in [3.8, 4) is 11.5 Å². The van der Waals surface area contributed by atoms with Crippen molar-refractivity contribution in [2.45, 2.75) is 45.6 Å². The van der Waals surface area contributed by atoms with E-state index in [1.165, 1.54) is 19.6 Å². The number of hydrogen-bond donors (Lipinski definition) is 1. The van der Waals surface area contributed by atoms with Gasteiger partial charge in [-0.2, -0.15) is 0 Å². The Hall–Kier alpha value is -2.21. The summed E-state index contributed by atoms with van der Waals surface area (Å²) < 4.78 is 15.8. The van der Waals surface area contributed by atoms with Crippen LogP contribution in [0.15, 0.2) is 18.2 Å². The molecular formula is C21H28ClNO5. The van der Waals surface area contributed by atoms with Crippen molar-refractivity contribution in [1.82, 2.24) is 5.32 Å². The minimum Gasteiger partial charge on any atom is -0.493 e.